The summed E-state index contributed by atoms with van der Waals surface area (Å²) >= 11 is 0. The summed E-state index contributed by atoms with van der Waals surface area (Å²) in [5, 5.41) is 36.1. The highest BCUT2D eigenvalue weighted by atomic mass is 16.7. The summed E-state index contributed by atoms with van der Waals surface area (Å²) in [6, 6.07) is 23.4. The van der Waals surface area contributed by atoms with Gasteiger partial charge in [0, 0.05) is 134 Å². The van der Waals surface area contributed by atoms with Crippen molar-refractivity contribution in [1.29, 1.82) is 0 Å². The molecule has 4 amide bonds. The molecule has 0 aromatic heterocycles. The molecule has 2 fully saturated rings. The Morgan fingerprint density at radius 1 is 0.333 bits per heavy atom. The van der Waals surface area contributed by atoms with Crippen molar-refractivity contribution in [2.75, 3.05) is 26.3 Å². The minimum Gasteiger partial charge on any atom is -0.462 e. The minimum atomic E-state index is -2.71. The van der Waals surface area contributed by atoms with E-state index in [0.29, 0.717) is 22.3 Å². The molecule has 0 radical (unpaired) electrons. The van der Waals surface area contributed by atoms with E-state index in [4.69, 9.17) is 75.8 Å². The van der Waals surface area contributed by atoms with Crippen LogP contribution in [0.1, 0.15) is 129 Å². The van der Waals surface area contributed by atoms with Crippen molar-refractivity contribution in [3.63, 3.8) is 0 Å². The van der Waals surface area contributed by atoms with Crippen molar-refractivity contribution < 1.29 is 172 Å². The van der Waals surface area contributed by atoms with Gasteiger partial charge in [-0.2, -0.15) is 0 Å². The first-order valence-electron chi connectivity index (χ1n) is 37.0. The zero-order chi connectivity index (χ0) is 89.2. The van der Waals surface area contributed by atoms with Crippen molar-refractivity contribution in [2.24, 2.45) is 0 Å². The summed E-state index contributed by atoms with van der Waals surface area (Å²) in [5.74, 6) is -25.2. The molecule has 2 heterocycles. The third kappa shape index (κ3) is 28.8. The number of rotatable bonds is 37. The molecule has 40 heteroatoms. The van der Waals surface area contributed by atoms with Gasteiger partial charge in [0.05, 0.1) is 0 Å². The second-order valence-corrected chi connectivity index (χ2v) is 27.4. The highest BCUT2D eigenvalue weighted by Crippen LogP contribution is 2.38. The molecular formula is C80H94N4O36. The molecule has 18 atom stereocenters. The maximum Gasteiger partial charge on any atom is 0.303 e. The van der Waals surface area contributed by atoms with Crippen LogP contribution in [0, 0.1) is 0 Å². The van der Waals surface area contributed by atoms with Gasteiger partial charge < -0.3 is 107 Å². The van der Waals surface area contributed by atoms with Crippen LogP contribution in [0.2, 0.25) is 0 Å². The van der Waals surface area contributed by atoms with E-state index < -0.39 is 255 Å². The Bertz CT molecular complexity index is 4110. The summed E-state index contributed by atoms with van der Waals surface area (Å²) in [7, 11) is 0. The van der Waals surface area contributed by atoms with E-state index in [0.717, 1.165) is 96.9 Å². The molecule has 0 unspecified atom stereocenters. The Hall–Kier alpha value is -12.8. The molecule has 2 saturated heterocycles. The molecule has 4 aromatic rings. The lowest BCUT2D eigenvalue weighted by Gasteiger charge is -2.50. The molecule has 120 heavy (non-hydrogen) atoms. The predicted molar refractivity (Wildman–Crippen MR) is 400 cm³/mol. The molecule has 40 nitrogen and oxygen atoms in total. The van der Waals surface area contributed by atoms with Crippen molar-refractivity contribution in [3.05, 3.63) is 131 Å². The van der Waals surface area contributed by atoms with E-state index in [1.807, 2.05) is 0 Å². The number of hydrogen-bond acceptors (Lipinski definition) is 36. The van der Waals surface area contributed by atoms with Crippen LogP contribution in [-0.4, -0.2) is 253 Å². The van der Waals surface area contributed by atoms with Crippen LogP contribution in [0.25, 0.3) is 11.1 Å². The van der Waals surface area contributed by atoms with E-state index in [-0.39, 0.29) is 11.1 Å². The van der Waals surface area contributed by atoms with Gasteiger partial charge in [0.15, 0.2) is 72.6 Å². The van der Waals surface area contributed by atoms with E-state index in [2.05, 4.69) is 21.3 Å². The third-order valence-electron chi connectivity index (χ3n) is 17.5. The standard InChI is InChI=1S/C80H94N4O36/c1-39(85)105-37-61(107-41(3)87)65(111-45(7)91)67(113-47(9)93)71(117-51(13)97)77(101)81-35-59-63(109-43(5)89)69(115-49(11)95)73(79(103,119-59)33-53-21-17-15-18-22-53)83-75(99)57-29-25-55(26-30-57)56-27-31-58(32-28-56)76(100)84-74-70(116-50(12)96)64(110-44(6)90)60(120-80(74,104)34-54-23-19-16-20-24-54)36-82-78(102)72(118-52(14)98)68(114-48(10)94)66(112-46(8)92)62(108-42(4)88)38-106-40(2)86/h15-32,59-74,103-104H,33-38H2,1-14H3,(H,81,101)(H,82,102)(H,83,99)(H,84,100)/t59-,60-,61-,62-,63-,64-,65-,66-,67+,68+,69+,70+,71-,72-,73-,74-,79+,80+/m1/s1. The lowest BCUT2D eigenvalue weighted by molar-refractivity contribution is -0.314. The molecule has 2 aliphatic heterocycles. The third-order valence-corrected chi connectivity index (χ3v) is 17.5. The van der Waals surface area contributed by atoms with Crippen LogP contribution in [0.5, 0.6) is 0 Å². The molecule has 2 aliphatic rings. The topological polar surface area (TPSA) is 544 Å². The fraction of sp³-hybridized carbons (Fsp3) is 0.475. The molecule has 650 valence electrons. The van der Waals surface area contributed by atoms with Gasteiger partial charge in [0.25, 0.3) is 23.6 Å². The van der Waals surface area contributed by atoms with E-state index >= 15 is 0 Å². The van der Waals surface area contributed by atoms with Gasteiger partial charge in [-0.15, -0.1) is 0 Å². The molecule has 6 N–H and O–H groups in total. The lowest BCUT2D eigenvalue weighted by Crippen LogP contribution is -2.73. The van der Waals surface area contributed by atoms with Crippen LogP contribution < -0.4 is 21.3 Å². The quantitative estimate of drug-likeness (QED) is 0.0268. The molecule has 4 aromatic carbocycles. The average molecular weight is 1690 g/mol. The summed E-state index contributed by atoms with van der Waals surface area (Å²) in [6.45, 7) is 9.30. The highest BCUT2D eigenvalue weighted by Gasteiger charge is 2.61. The van der Waals surface area contributed by atoms with Gasteiger partial charge in [-0.3, -0.25) is 86.3 Å². The zero-order valence-electron chi connectivity index (χ0n) is 67.6. The van der Waals surface area contributed by atoms with Crippen LogP contribution in [0.3, 0.4) is 0 Å². The number of hydrogen-bond donors (Lipinski definition) is 6. The number of esters is 14. The molecule has 0 saturated carbocycles. The fourth-order valence-corrected chi connectivity index (χ4v) is 13.1. The first-order chi connectivity index (χ1) is 56.4. The van der Waals surface area contributed by atoms with Crippen LogP contribution in [0.4, 0.5) is 0 Å². The number of aliphatic hydroxyl groups is 2. The predicted octanol–water partition coefficient (Wildman–Crippen LogP) is 0.750. The number of carbonyl (C=O) groups excluding carboxylic acids is 18. The normalized spacial score (nSPS) is 21.7. The summed E-state index contributed by atoms with van der Waals surface area (Å²) in [5.41, 5.74) is 1.27. The Morgan fingerprint density at radius 2 is 0.608 bits per heavy atom. The van der Waals surface area contributed by atoms with E-state index in [1.165, 1.54) is 48.5 Å². The minimum absolute atomic E-state index is 0.114. The van der Waals surface area contributed by atoms with Gasteiger partial charge in [-0.1, -0.05) is 84.9 Å². The Morgan fingerprint density at radius 3 is 0.875 bits per heavy atom. The number of amides is 4. The SMILES string of the molecule is CC(=O)OC[C@@H](OC(C)=O)[C@@H](OC(C)=O)[C@H](OC(C)=O)[C@@H](OC(C)=O)C(=O)NC[C@H]1O[C@@](O)(Cc2ccccc2)[C@H](NC(=O)c2ccc(-c3ccc(C(=O)N[C@@H]4[C@@H](OC(C)=O)[C@H](OC(C)=O)[C@@H](CNC(=O)[C@H](OC(C)=O)[C@@H](OC(C)=O)[C@H](OC(C)=O)[C@@H](COC(C)=O)OC(C)=O)O[C@@]4(O)Cc4ccccc4)cc3)cc2)[C@@H](OC(C)=O)[C@@H]1OC(C)=O. The van der Waals surface area contributed by atoms with Crippen LogP contribution in [0.15, 0.2) is 109 Å². The van der Waals surface area contributed by atoms with Crippen molar-refractivity contribution in [2.45, 2.75) is 219 Å². The van der Waals surface area contributed by atoms with Gasteiger partial charge in [-0.25, -0.2) is 0 Å². The molecule has 0 aliphatic carbocycles. The lowest BCUT2D eigenvalue weighted by atomic mass is 9.85. The Balaban J connectivity index is 1.32. The van der Waals surface area contributed by atoms with Gasteiger partial charge in [0.1, 0.15) is 37.5 Å². The van der Waals surface area contributed by atoms with Crippen molar-refractivity contribution in [3.8, 4) is 11.1 Å². The second kappa shape index (κ2) is 44.1. The van der Waals surface area contributed by atoms with Crippen molar-refractivity contribution >= 4 is 107 Å². The summed E-state index contributed by atoms with van der Waals surface area (Å²) in [6.07, 6.45) is -29.1. The van der Waals surface area contributed by atoms with E-state index in [9.17, 15) is 96.5 Å². The average Bonchev–Trinajstić information content (AvgIpc) is 0.755. The monoisotopic (exact) mass is 1690 g/mol. The van der Waals surface area contributed by atoms with E-state index in [1.54, 1.807) is 60.7 Å². The number of benzene rings is 4. The summed E-state index contributed by atoms with van der Waals surface area (Å²) < 4.78 is 88.8. The van der Waals surface area contributed by atoms with Crippen molar-refractivity contribution in [1.82, 2.24) is 21.3 Å². The maximum atomic E-state index is 14.7. The van der Waals surface area contributed by atoms with Crippen LogP contribution >= 0.6 is 0 Å². The fourth-order valence-electron chi connectivity index (χ4n) is 13.1. The van der Waals surface area contributed by atoms with Gasteiger partial charge in [-0.05, 0) is 46.5 Å². The first-order valence-corrected chi connectivity index (χ1v) is 37.0. The Kier molecular flexibility index (Phi) is 35.3. The number of nitrogens with one attached hydrogen (secondary N) is 4. The van der Waals surface area contributed by atoms with Gasteiger partial charge >= 0.3 is 83.6 Å². The zero-order valence-corrected chi connectivity index (χ0v) is 67.6. The number of carbonyl (C=O) groups is 18. The smallest absolute Gasteiger partial charge is 0.303 e. The highest BCUT2D eigenvalue weighted by molar-refractivity contribution is 5.96. The molecule has 0 spiro atoms. The Labute approximate surface area is 686 Å². The molecular weight excluding hydrogens is 1590 g/mol. The first kappa shape index (κ1) is 96.0. The molecule has 6 rings (SSSR count). The van der Waals surface area contributed by atoms with Crippen LogP contribution in [-0.2, 0) is 165 Å². The van der Waals surface area contributed by atoms with Gasteiger partial charge in [0.2, 0.25) is 12.2 Å². The largest absolute Gasteiger partial charge is 0.462 e. The molecule has 0 bridgehead atoms. The number of ether oxygens (including phenoxy) is 16. The second-order valence-electron chi connectivity index (χ2n) is 27.4. The summed E-state index contributed by atoms with van der Waals surface area (Å²) in [4.78, 5) is 236. The maximum absolute atomic E-state index is 14.7.